The van der Waals surface area contributed by atoms with Crippen molar-refractivity contribution in [3.05, 3.63) is 74.7 Å². The predicted octanol–water partition coefficient (Wildman–Crippen LogP) is 6.01. The van der Waals surface area contributed by atoms with Crippen LogP contribution in [0.5, 0.6) is 0 Å². The van der Waals surface area contributed by atoms with Crippen molar-refractivity contribution in [3.8, 4) is 10.6 Å². The first-order valence-electron chi connectivity index (χ1n) is 7.70. The van der Waals surface area contributed by atoms with Gasteiger partial charge in [0.05, 0.1) is 31.9 Å². The van der Waals surface area contributed by atoms with Crippen molar-refractivity contribution in [1.82, 2.24) is 4.98 Å². The van der Waals surface area contributed by atoms with E-state index in [9.17, 15) is 4.79 Å². The highest BCUT2D eigenvalue weighted by Gasteiger charge is 2.14. The third-order valence-electron chi connectivity index (χ3n) is 3.57. The van der Waals surface area contributed by atoms with E-state index < -0.39 is 5.97 Å². The van der Waals surface area contributed by atoms with Gasteiger partial charge in [0.2, 0.25) is 0 Å². The van der Waals surface area contributed by atoms with Crippen LogP contribution in [0.1, 0.15) is 27.9 Å². The lowest BCUT2D eigenvalue weighted by Gasteiger charge is -2.01. The summed E-state index contributed by atoms with van der Waals surface area (Å²) in [6.45, 7) is 3.68. The van der Waals surface area contributed by atoms with Crippen molar-refractivity contribution in [2.45, 2.75) is 13.8 Å². The number of halogens is 2. The molecule has 0 amide bonds. The molecule has 4 nitrogen and oxygen atoms in total. The largest absolute Gasteiger partial charge is 0.365 e. The van der Waals surface area contributed by atoms with Crippen LogP contribution in [0.2, 0.25) is 10.0 Å². The van der Waals surface area contributed by atoms with Crippen LogP contribution in [0.25, 0.3) is 10.6 Å². The highest BCUT2D eigenvalue weighted by molar-refractivity contribution is 7.17. The van der Waals surface area contributed by atoms with Crippen LogP contribution in [0.3, 0.4) is 0 Å². The fraction of sp³-hybridized carbons (Fsp3) is 0.105. The maximum atomic E-state index is 12.1. The molecule has 26 heavy (non-hydrogen) atoms. The van der Waals surface area contributed by atoms with E-state index in [1.807, 2.05) is 37.3 Å². The minimum absolute atomic E-state index is 0.280. The van der Waals surface area contributed by atoms with Gasteiger partial charge in [-0.15, -0.1) is 11.3 Å². The van der Waals surface area contributed by atoms with E-state index in [2.05, 4.69) is 10.1 Å². The van der Waals surface area contributed by atoms with Crippen LogP contribution in [0, 0.1) is 6.92 Å². The predicted molar refractivity (Wildman–Crippen MR) is 106 cm³/mol. The van der Waals surface area contributed by atoms with Crippen LogP contribution in [-0.4, -0.2) is 16.7 Å². The first kappa shape index (κ1) is 18.6. The summed E-state index contributed by atoms with van der Waals surface area (Å²) in [5.41, 5.74) is 2.73. The van der Waals surface area contributed by atoms with E-state index in [1.165, 1.54) is 29.5 Å². The first-order valence-corrected chi connectivity index (χ1v) is 9.27. The molecular formula is C19H14Cl2N2O2S. The van der Waals surface area contributed by atoms with Crippen LogP contribution in [-0.2, 0) is 4.84 Å². The Bertz CT molecular complexity index is 984. The fourth-order valence-electron chi connectivity index (χ4n) is 2.26. The van der Waals surface area contributed by atoms with E-state index >= 15 is 0 Å². The van der Waals surface area contributed by atoms with E-state index in [1.54, 1.807) is 6.92 Å². The van der Waals surface area contributed by atoms with Gasteiger partial charge in [-0.2, -0.15) is 0 Å². The van der Waals surface area contributed by atoms with Gasteiger partial charge in [0, 0.05) is 5.56 Å². The zero-order chi connectivity index (χ0) is 18.7. The average Bonchev–Trinajstić information content (AvgIpc) is 3.04. The molecule has 0 fully saturated rings. The number of hydrogen-bond acceptors (Lipinski definition) is 5. The van der Waals surface area contributed by atoms with Gasteiger partial charge in [-0.3, -0.25) is 0 Å². The number of rotatable bonds is 4. The number of aryl methyl sites for hydroxylation is 1. The van der Waals surface area contributed by atoms with Gasteiger partial charge in [-0.1, -0.05) is 58.7 Å². The van der Waals surface area contributed by atoms with Crippen LogP contribution in [0.15, 0.2) is 53.7 Å². The summed E-state index contributed by atoms with van der Waals surface area (Å²) in [6, 6.07) is 14.4. The molecule has 3 aromatic rings. The zero-order valence-electron chi connectivity index (χ0n) is 14.0. The van der Waals surface area contributed by atoms with E-state index in [0.29, 0.717) is 10.7 Å². The first-order chi connectivity index (χ1) is 12.5. The van der Waals surface area contributed by atoms with E-state index in [0.717, 1.165) is 21.1 Å². The summed E-state index contributed by atoms with van der Waals surface area (Å²) < 4.78 is 0. The Labute approximate surface area is 165 Å². The average molecular weight is 405 g/mol. The number of oxime groups is 1. The molecule has 2 aromatic carbocycles. The van der Waals surface area contributed by atoms with Gasteiger partial charge in [0.1, 0.15) is 5.01 Å². The zero-order valence-corrected chi connectivity index (χ0v) is 16.3. The number of nitrogens with zero attached hydrogens (tertiary/aromatic N) is 2. The van der Waals surface area contributed by atoms with Crippen LogP contribution < -0.4 is 0 Å². The third-order valence-corrected chi connectivity index (χ3v) is 5.62. The Morgan fingerprint density at radius 2 is 1.85 bits per heavy atom. The minimum Gasteiger partial charge on any atom is -0.313 e. The molecule has 0 spiro atoms. The Hall–Kier alpha value is -2.21. The van der Waals surface area contributed by atoms with Crippen molar-refractivity contribution < 1.29 is 9.63 Å². The summed E-state index contributed by atoms with van der Waals surface area (Å²) in [4.78, 5) is 22.6. The molecule has 0 aliphatic carbocycles. The van der Waals surface area contributed by atoms with Crippen LogP contribution >= 0.6 is 34.5 Å². The maximum absolute atomic E-state index is 12.1. The van der Waals surface area contributed by atoms with Gasteiger partial charge in [-0.05, 0) is 32.0 Å². The Morgan fingerprint density at radius 3 is 2.54 bits per heavy atom. The molecule has 3 rings (SSSR count). The molecule has 0 aliphatic rings. The smallest absolute Gasteiger partial charge is 0.313 e. The van der Waals surface area contributed by atoms with E-state index in [4.69, 9.17) is 28.0 Å². The summed E-state index contributed by atoms with van der Waals surface area (Å²) in [5.74, 6) is -0.603. The van der Waals surface area contributed by atoms with Crippen molar-refractivity contribution in [2.24, 2.45) is 5.16 Å². The molecule has 0 aliphatic heterocycles. The topological polar surface area (TPSA) is 51.5 Å². The SMILES string of the molecule is C/C(=N\OC(=O)c1ccc(Cl)c(Cl)c1)c1sc(-c2ccccc2)nc1C. The molecule has 0 unspecified atom stereocenters. The minimum atomic E-state index is -0.603. The Kier molecular flexibility index (Phi) is 5.71. The highest BCUT2D eigenvalue weighted by atomic mass is 35.5. The maximum Gasteiger partial charge on any atom is 0.365 e. The van der Waals surface area contributed by atoms with Gasteiger partial charge in [0.15, 0.2) is 0 Å². The van der Waals surface area contributed by atoms with Crippen molar-refractivity contribution in [2.75, 3.05) is 0 Å². The Balaban J connectivity index is 1.78. The molecule has 7 heteroatoms. The molecule has 0 bridgehead atoms. The van der Waals surface area contributed by atoms with Crippen LogP contribution in [0.4, 0.5) is 0 Å². The summed E-state index contributed by atoms with van der Waals surface area (Å²) in [5, 5.41) is 5.50. The molecule has 0 atom stereocenters. The highest BCUT2D eigenvalue weighted by Crippen LogP contribution is 2.28. The van der Waals surface area contributed by atoms with E-state index in [-0.39, 0.29) is 10.6 Å². The van der Waals surface area contributed by atoms with Crippen molar-refractivity contribution in [1.29, 1.82) is 0 Å². The lowest BCUT2D eigenvalue weighted by molar-refractivity contribution is 0.0516. The standard InChI is InChI=1S/C19H14Cl2N2O2S/c1-11-17(26-18(22-11)13-6-4-3-5-7-13)12(2)23-25-19(24)14-8-9-15(20)16(21)10-14/h3-10H,1-2H3/b23-12+. The molecule has 0 radical (unpaired) electrons. The van der Waals surface area contributed by atoms with Gasteiger partial charge in [-0.25, -0.2) is 9.78 Å². The number of aromatic nitrogens is 1. The number of thiazole rings is 1. The monoisotopic (exact) mass is 404 g/mol. The molecule has 0 saturated carbocycles. The molecule has 132 valence electrons. The molecular weight excluding hydrogens is 391 g/mol. The van der Waals surface area contributed by atoms with Gasteiger partial charge >= 0.3 is 5.97 Å². The lowest BCUT2D eigenvalue weighted by atomic mass is 10.2. The fourth-order valence-corrected chi connectivity index (χ4v) is 3.57. The third kappa shape index (κ3) is 4.12. The van der Waals surface area contributed by atoms with Crippen molar-refractivity contribution >= 4 is 46.2 Å². The normalized spacial score (nSPS) is 11.5. The van der Waals surface area contributed by atoms with Crippen molar-refractivity contribution in [3.63, 3.8) is 0 Å². The number of carbonyl (C=O) groups is 1. The van der Waals surface area contributed by atoms with Gasteiger partial charge in [0.25, 0.3) is 0 Å². The molecule has 1 heterocycles. The second-order valence-corrected chi connectivity index (χ2v) is 7.30. The second kappa shape index (κ2) is 7.99. The summed E-state index contributed by atoms with van der Waals surface area (Å²) >= 11 is 13.3. The quantitative estimate of drug-likeness (QED) is 0.304. The van der Waals surface area contributed by atoms with Gasteiger partial charge < -0.3 is 4.84 Å². The Morgan fingerprint density at radius 1 is 1.12 bits per heavy atom. The number of carbonyl (C=O) groups excluding carboxylic acids is 1. The number of benzene rings is 2. The summed E-state index contributed by atoms with van der Waals surface area (Å²) in [6.07, 6.45) is 0. The second-order valence-electron chi connectivity index (χ2n) is 5.48. The molecule has 0 saturated heterocycles. The molecule has 0 N–H and O–H groups in total. The molecule has 1 aromatic heterocycles. The summed E-state index contributed by atoms with van der Waals surface area (Å²) in [7, 11) is 0. The lowest BCUT2D eigenvalue weighted by Crippen LogP contribution is -2.04. The number of hydrogen-bond donors (Lipinski definition) is 0.